The maximum Gasteiger partial charge on any atom is 0.339 e. The highest BCUT2D eigenvalue weighted by Gasteiger charge is 2.09. The molecule has 0 amide bonds. The Kier molecular flexibility index (Phi) is 7.49. The summed E-state index contributed by atoms with van der Waals surface area (Å²) in [4.78, 5) is 11.0. The van der Waals surface area contributed by atoms with E-state index in [-0.39, 0.29) is 0 Å². The summed E-state index contributed by atoms with van der Waals surface area (Å²) in [5.74, 6) is -0.479. The number of benzene rings is 1. The van der Waals surface area contributed by atoms with Crippen LogP contribution in [0.4, 0.5) is 5.69 Å². The molecule has 8 heteroatoms. The Morgan fingerprint density at radius 2 is 1.94 bits per heavy atom. The van der Waals surface area contributed by atoms with Crippen molar-refractivity contribution < 1.29 is 13.7 Å². The summed E-state index contributed by atoms with van der Waals surface area (Å²) < 4.78 is 13.6. The summed E-state index contributed by atoms with van der Waals surface area (Å²) in [5, 5.41) is 0.344. The second kappa shape index (κ2) is 7.73. The molecule has 16 heavy (non-hydrogen) atoms. The predicted molar refractivity (Wildman–Crippen MR) is 67.1 cm³/mol. The van der Waals surface area contributed by atoms with Crippen LogP contribution in [-0.2, 0) is 14.0 Å². The lowest BCUT2D eigenvalue weighted by atomic mass is 10.2. The molecule has 4 nitrogen and oxygen atoms in total. The van der Waals surface area contributed by atoms with E-state index in [1.54, 1.807) is 12.1 Å². The molecule has 0 aliphatic carbocycles. The van der Waals surface area contributed by atoms with E-state index in [2.05, 4.69) is 26.1 Å². The highest BCUT2D eigenvalue weighted by molar-refractivity contribution is 8.26. The molecule has 0 bridgehead atoms. The average Bonchev–Trinajstić information content (AvgIpc) is 2.20. The molecule has 1 aromatic carbocycles. The minimum atomic E-state index is -1.67. The third-order valence-corrected chi connectivity index (χ3v) is 1.73. The lowest BCUT2D eigenvalue weighted by Crippen LogP contribution is -2.02. The topological polar surface area (TPSA) is 69.4 Å². The van der Waals surface area contributed by atoms with Crippen molar-refractivity contribution in [1.82, 2.24) is 0 Å². The number of hydrogen-bond donors (Lipinski definition) is 1. The SMILES string of the molecule is COC(=O)c1cc(N)ccc1Cl.O=S(Cl)Cl. The predicted octanol–water partition coefficient (Wildman–Crippen LogP) is 2.75. The summed E-state index contributed by atoms with van der Waals surface area (Å²) in [6.07, 6.45) is 0. The van der Waals surface area contributed by atoms with Crippen molar-refractivity contribution in [2.24, 2.45) is 0 Å². The van der Waals surface area contributed by atoms with Crippen LogP contribution in [0.1, 0.15) is 10.4 Å². The summed E-state index contributed by atoms with van der Waals surface area (Å²) in [6, 6.07) is 4.66. The first-order chi connectivity index (χ1) is 7.38. The number of rotatable bonds is 1. The Morgan fingerprint density at radius 3 is 2.38 bits per heavy atom. The Morgan fingerprint density at radius 1 is 1.44 bits per heavy atom. The van der Waals surface area contributed by atoms with E-state index in [0.717, 1.165) is 0 Å². The van der Waals surface area contributed by atoms with Crippen molar-refractivity contribution in [3.63, 3.8) is 0 Å². The van der Waals surface area contributed by atoms with E-state index in [0.29, 0.717) is 16.3 Å². The van der Waals surface area contributed by atoms with Crippen LogP contribution in [0.2, 0.25) is 5.02 Å². The molecule has 0 heterocycles. The zero-order valence-corrected chi connectivity index (χ0v) is 11.2. The van der Waals surface area contributed by atoms with Gasteiger partial charge >= 0.3 is 5.97 Å². The molecular weight excluding hydrogens is 297 g/mol. The van der Waals surface area contributed by atoms with Gasteiger partial charge in [0.05, 0.1) is 17.7 Å². The zero-order valence-electron chi connectivity index (χ0n) is 8.08. The number of carbonyl (C=O) groups is 1. The highest BCUT2D eigenvalue weighted by atomic mass is 36.0. The van der Waals surface area contributed by atoms with Gasteiger partial charge in [-0.1, -0.05) is 11.6 Å². The van der Waals surface area contributed by atoms with Gasteiger partial charge in [0.1, 0.15) is 0 Å². The van der Waals surface area contributed by atoms with Crippen molar-refractivity contribution in [2.45, 2.75) is 0 Å². The number of nitrogen functional groups attached to an aromatic ring is 1. The number of methoxy groups -OCH3 is 1. The first-order valence-electron chi connectivity index (χ1n) is 3.76. The van der Waals surface area contributed by atoms with E-state index in [9.17, 15) is 4.79 Å². The van der Waals surface area contributed by atoms with E-state index in [1.807, 2.05) is 0 Å². The van der Waals surface area contributed by atoms with E-state index >= 15 is 0 Å². The smallest absolute Gasteiger partial charge is 0.339 e. The minimum absolute atomic E-state index is 0.291. The Bertz CT molecular complexity index is 396. The van der Waals surface area contributed by atoms with Crippen LogP contribution in [0.3, 0.4) is 0 Å². The van der Waals surface area contributed by atoms with Crippen molar-refractivity contribution in [3.8, 4) is 0 Å². The summed E-state index contributed by atoms with van der Waals surface area (Å²) in [7, 11) is 8.65. The molecule has 0 radical (unpaired) electrons. The first-order valence-corrected chi connectivity index (χ1v) is 6.94. The Labute approximate surface area is 109 Å². The molecule has 0 fully saturated rings. The number of ether oxygens (including phenoxy) is 1. The normalized spacial score (nSPS) is 9.31. The molecule has 2 N–H and O–H groups in total. The van der Waals surface area contributed by atoms with Crippen LogP contribution < -0.4 is 5.73 Å². The maximum absolute atomic E-state index is 11.0. The van der Waals surface area contributed by atoms with Gasteiger partial charge in [-0.2, -0.15) is 0 Å². The third kappa shape index (κ3) is 6.17. The van der Waals surface area contributed by atoms with Gasteiger partial charge in [0.15, 0.2) is 0 Å². The van der Waals surface area contributed by atoms with Gasteiger partial charge in [-0.05, 0) is 18.2 Å². The highest BCUT2D eigenvalue weighted by Crippen LogP contribution is 2.19. The fourth-order valence-corrected chi connectivity index (χ4v) is 1.00. The van der Waals surface area contributed by atoms with E-state index in [1.165, 1.54) is 13.2 Å². The van der Waals surface area contributed by atoms with Crippen molar-refractivity contribution in [3.05, 3.63) is 28.8 Å². The van der Waals surface area contributed by atoms with Gasteiger partial charge in [-0.3, -0.25) is 0 Å². The molecule has 0 saturated heterocycles. The van der Waals surface area contributed by atoms with Crippen LogP contribution in [0.15, 0.2) is 18.2 Å². The number of esters is 1. The van der Waals surface area contributed by atoms with E-state index in [4.69, 9.17) is 21.5 Å². The fraction of sp³-hybridized carbons (Fsp3) is 0.125. The first kappa shape index (κ1) is 15.5. The average molecular weight is 305 g/mol. The molecule has 0 spiro atoms. The second-order valence-corrected chi connectivity index (χ2v) is 5.35. The van der Waals surface area contributed by atoms with Gasteiger partial charge in [0, 0.05) is 27.1 Å². The second-order valence-electron chi connectivity index (χ2n) is 2.42. The number of halogens is 3. The lowest BCUT2D eigenvalue weighted by molar-refractivity contribution is 0.0601. The van der Waals surface area contributed by atoms with Gasteiger partial charge < -0.3 is 10.5 Å². The molecule has 90 valence electrons. The van der Waals surface area contributed by atoms with Crippen LogP contribution in [0, 0.1) is 0 Å². The minimum Gasteiger partial charge on any atom is -0.465 e. The molecule has 0 aliphatic heterocycles. The van der Waals surface area contributed by atoms with Crippen LogP contribution in [-0.4, -0.2) is 17.3 Å². The van der Waals surface area contributed by atoms with Gasteiger partial charge in [-0.15, -0.1) is 0 Å². The quantitative estimate of drug-likeness (QED) is 0.492. The standard InChI is InChI=1S/C8H8ClNO2.Cl2OS/c1-12-8(11)6-4-5(10)2-3-7(6)9;1-4(2)3/h2-4H,10H2,1H3;. The number of hydrogen-bond acceptors (Lipinski definition) is 4. The molecule has 0 unspecified atom stereocenters. The summed E-state index contributed by atoms with van der Waals surface area (Å²) >= 11 is 5.71. The summed E-state index contributed by atoms with van der Waals surface area (Å²) in [6.45, 7) is 0. The maximum atomic E-state index is 11.0. The van der Waals surface area contributed by atoms with Crippen molar-refractivity contribution >= 4 is 53.8 Å². The van der Waals surface area contributed by atoms with Gasteiger partial charge in [0.2, 0.25) is 9.23 Å². The largest absolute Gasteiger partial charge is 0.465 e. The summed E-state index contributed by atoms with van der Waals surface area (Å²) in [5.41, 5.74) is 6.23. The number of nitrogens with two attached hydrogens (primary N) is 1. The molecule has 0 saturated carbocycles. The van der Waals surface area contributed by atoms with Crippen molar-refractivity contribution in [1.29, 1.82) is 0 Å². The molecule has 1 rings (SSSR count). The Hall–Kier alpha value is -0.490. The molecule has 0 aromatic heterocycles. The molecular formula is C8H8Cl3NO3S. The Balaban J connectivity index is 0.000000487. The monoisotopic (exact) mass is 303 g/mol. The number of anilines is 1. The molecule has 0 aliphatic rings. The zero-order chi connectivity index (χ0) is 12.7. The number of carbonyl (C=O) groups excluding carboxylic acids is 1. The lowest BCUT2D eigenvalue weighted by Gasteiger charge is -2.02. The fourth-order valence-electron chi connectivity index (χ4n) is 0.809. The van der Waals surface area contributed by atoms with Crippen LogP contribution >= 0.6 is 33.0 Å². The van der Waals surface area contributed by atoms with E-state index < -0.39 is 15.2 Å². The molecule has 0 atom stereocenters. The van der Waals surface area contributed by atoms with Crippen LogP contribution in [0.25, 0.3) is 0 Å². The third-order valence-electron chi connectivity index (χ3n) is 1.40. The van der Waals surface area contributed by atoms with Gasteiger partial charge in [0.25, 0.3) is 0 Å². The van der Waals surface area contributed by atoms with Gasteiger partial charge in [-0.25, -0.2) is 9.00 Å². The molecule has 1 aromatic rings. The van der Waals surface area contributed by atoms with Crippen molar-refractivity contribution in [2.75, 3.05) is 12.8 Å². The van der Waals surface area contributed by atoms with Crippen LogP contribution in [0.5, 0.6) is 0 Å².